The Morgan fingerprint density at radius 2 is 1.69 bits per heavy atom. The van der Waals surface area contributed by atoms with Crippen molar-refractivity contribution in [2.75, 3.05) is 0 Å². The van der Waals surface area contributed by atoms with Crippen molar-refractivity contribution in [3.8, 4) is 5.75 Å². The average Bonchev–Trinajstić information content (AvgIpc) is 3.06. The molecule has 0 amide bonds. The molecule has 3 fully saturated rings. The van der Waals surface area contributed by atoms with E-state index in [2.05, 4.69) is 0 Å². The van der Waals surface area contributed by atoms with E-state index < -0.39 is 57.5 Å². The number of hydrogen-bond acceptors (Lipinski definition) is 8. The number of ketones is 1. The Hall–Kier alpha value is -2.26. The molecular weight excluding hydrogens is 464 g/mol. The third-order valence-electron chi connectivity index (χ3n) is 10.5. The highest BCUT2D eigenvalue weighted by atomic mass is 16.5. The van der Waals surface area contributed by atoms with Gasteiger partial charge in [-0.1, -0.05) is 18.6 Å². The SMILES string of the molecule is CC(=O)[C@]1(O)CC[C@@]2(O)[C@]1(C)[C@H](OC(=O)c1ccc(O)cc1)C[C@H]1[C@@]3(C)CC[C@H](O)CC3=CC[C@@]12O. The lowest BCUT2D eigenvalue weighted by atomic mass is 9.42. The predicted molar refractivity (Wildman–Crippen MR) is 129 cm³/mol. The van der Waals surface area contributed by atoms with Gasteiger partial charge in [0.05, 0.1) is 17.1 Å². The van der Waals surface area contributed by atoms with Gasteiger partial charge in [0, 0.05) is 5.92 Å². The van der Waals surface area contributed by atoms with Crippen LogP contribution in [-0.2, 0) is 9.53 Å². The van der Waals surface area contributed by atoms with Crippen molar-refractivity contribution >= 4 is 11.8 Å². The number of aromatic hydroxyl groups is 1. The van der Waals surface area contributed by atoms with Crippen molar-refractivity contribution in [2.24, 2.45) is 16.7 Å². The lowest BCUT2D eigenvalue weighted by molar-refractivity contribution is -0.312. The van der Waals surface area contributed by atoms with Crippen molar-refractivity contribution in [3.63, 3.8) is 0 Å². The number of benzene rings is 1. The fourth-order valence-corrected chi connectivity index (χ4v) is 8.17. The van der Waals surface area contributed by atoms with E-state index in [1.807, 2.05) is 13.0 Å². The van der Waals surface area contributed by atoms with Gasteiger partial charge in [0.1, 0.15) is 28.7 Å². The number of phenolic OH excluding ortho intramolecular Hbond substituents is 1. The first-order valence-electron chi connectivity index (χ1n) is 12.8. The number of carbonyl (C=O) groups is 2. The minimum absolute atomic E-state index is 0.00806. The molecule has 4 aliphatic rings. The molecule has 196 valence electrons. The standard InChI is InChI=1S/C28H36O8/c1-16(29)26(33)12-13-28(35)25(26,3)22(36-23(32)17-4-6-19(30)7-5-17)15-21-24(2)10-9-20(31)14-18(24)8-11-27(21,28)34/h4-8,20-22,30-31,33-35H,9-15H2,1-3H3/t20-,21-,22+,24-,25+,26+,27+,28+/m0/s1. The summed E-state index contributed by atoms with van der Waals surface area (Å²) in [6.07, 6.45) is 2.15. The number of carbonyl (C=O) groups excluding carboxylic acids is 2. The van der Waals surface area contributed by atoms with Gasteiger partial charge in [-0.3, -0.25) is 4.79 Å². The van der Waals surface area contributed by atoms with E-state index in [0.717, 1.165) is 5.57 Å². The maximum absolute atomic E-state index is 13.2. The highest BCUT2D eigenvalue weighted by molar-refractivity contribution is 5.90. The van der Waals surface area contributed by atoms with Crippen molar-refractivity contribution in [2.45, 2.75) is 94.7 Å². The van der Waals surface area contributed by atoms with E-state index in [0.29, 0.717) is 19.3 Å². The fraction of sp³-hybridized carbons (Fsp3) is 0.643. The summed E-state index contributed by atoms with van der Waals surface area (Å²) in [7, 11) is 0. The van der Waals surface area contributed by atoms with Gasteiger partial charge >= 0.3 is 5.97 Å². The lowest BCUT2D eigenvalue weighted by Crippen LogP contribution is -2.78. The van der Waals surface area contributed by atoms with Crippen LogP contribution in [0.2, 0.25) is 0 Å². The van der Waals surface area contributed by atoms with Gasteiger partial charge in [-0.25, -0.2) is 4.79 Å². The van der Waals surface area contributed by atoms with Gasteiger partial charge in [0.15, 0.2) is 5.78 Å². The zero-order chi connectivity index (χ0) is 26.3. The van der Waals surface area contributed by atoms with E-state index in [1.54, 1.807) is 6.92 Å². The van der Waals surface area contributed by atoms with Crippen LogP contribution in [0, 0.1) is 16.7 Å². The molecule has 8 nitrogen and oxygen atoms in total. The van der Waals surface area contributed by atoms with Crippen LogP contribution in [0.1, 0.15) is 76.1 Å². The first-order chi connectivity index (χ1) is 16.7. The minimum atomic E-state index is -2.00. The Labute approximate surface area is 210 Å². The van der Waals surface area contributed by atoms with Crippen LogP contribution in [-0.4, -0.2) is 66.3 Å². The molecule has 0 unspecified atom stereocenters. The number of ether oxygens (including phenoxy) is 1. The fourth-order valence-electron chi connectivity index (χ4n) is 8.17. The molecule has 8 heteroatoms. The summed E-state index contributed by atoms with van der Waals surface area (Å²) in [4.78, 5) is 26.1. The molecule has 3 saturated carbocycles. The van der Waals surface area contributed by atoms with Gasteiger partial charge in [-0.2, -0.15) is 0 Å². The minimum Gasteiger partial charge on any atom is -0.508 e. The zero-order valence-electron chi connectivity index (χ0n) is 21.0. The summed E-state index contributed by atoms with van der Waals surface area (Å²) in [6.45, 7) is 4.84. The molecule has 36 heavy (non-hydrogen) atoms. The van der Waals surface area contributed by atoms with Gasteiger partial charge in [0.2, 0.25) is 0 Å². The molecule has 5 rings (SSSR count). The number of aliphatic hydroxyl groups is 4. The first-order valence-corrected chi connectivity index (χ1v) is 12.8. The van der Waals surface area contributed by atoms with Crippen molar-refractivity contribution in [1.82, 2.24) is 0 Å². The molecule has 4 aliphatic carbocycles. The molecule has 0 aromatic heterocycles. The van der Waals surface area contributed by atoms with Crippen LogP contribution >= 0.6 is 0 Å². The molecule has 8 atom stereocenters. The number of rotatable bonds is 3. The van der Waals surface area contributed by atoms with Gasteiger partial charge < -0.3 is 30.3 Å². The monoisotopic (exact) mass is 500 g/mol. The summed E-state index contributed by atoms with van der Waals surface area (Å²) in [5.74, 6) is -1.79. The number of Topliss-reactive ketones (excluding diaryl/α,β-unsaturated/α-hetero) is 1. The zero-order valence-corrected chi connectivity index (χ0v) is 21.0. The molecule has 0 spiro atoms. The third-order valence-corrected chi connectivity index (χ3v) is 10.5. The van der Waals surface area contributed by atoms with Crippen LogP contribution in [0.3, 0.4) is 0 Å². The largest absolute Gasteiger partial charge is 0.508 e. The van der Waals surface area contributed by atoms with E-state index in [4.69, 9.17) is 4.74 Å². The van der Waals surface area contributed by atoms with Crippen LogP contribution in [0.4, 0.5) is 0 Å². The second-order valence-corrected chi connectivity index (χ2v) is 11.9. The maximum Gasteiger partial charge on any atom is 0.338 e. The number of phenols is 1. The van der Waals surface area contributed by atoms with Gasteiger partial charge in [-0.05, 0) is 88.5 Å². The smallest absolute Gasteiger partial charge is 0.338 e. The molecule has 0 radical (unpaired) electrons. The second-order valence-electron chi connectivity index (χ2n) is 11.9. The number of aliphatic hydroxyl groups excluding tert-OH is 1. The molecule has 0 heterocycles. The average molecular weight is 501 g/mol. The van der Waals surface area contributed by atoms with E-state index in [-0.39, 0.29) is 37.0 Å². The van der Waals surface area contributed by atoms with Crippen molar-refractivity contribution in [3.05, 3.63) is 41.5 Å². The Kier molecular flexibility index (Phi) is 5.55. The molecular formula is C28H36O8. The Morgan fingerprint density at radius 1 is 1.03 bits per heavy atom. The summed E-state index contributed by atoms with van der Waals surface area (Å²) in [5.41, 5.74) is -6.60. The molecule has 0 bridgehead atoms. The highest BCUT2D eigenvalue weighted by Gasteiger charge is 2.81. The molecule has 1 aromatic rings. The number of hydrogen-bond donors (Lipinski definition) is 5. The quantitative estimate of drug-likeness (QED) is 0.314. The van der Waals surface area contributed by atoms with E-state index in [1.165, 1.54) is 31.2 Å². The predicted octanol–water partition coefficient (Wildman–Crippen LogP) is 2.40. The Morgan fingerprint density at radius 3 is 2.33 bits per heavy atom. The van der Waals surface area contributed by atoms with Gasteiger partial charge in [-0.15, -0.1) is 0 Å². The molecule has 0 saturated heterocycles. The Bertz CT molecular complexity index is 1130. The number of esters is 1. The van der Waals surface area contributed by atoms with Crippen LogP contribution in [0.15, 0.2) is 35.9 Å². The number of fused-ring (bicyclic) bond motifs is 5. The van der Waals surface area contributed by atoms with Crippen molar-refractivity contribution < 1.29 is 39.9 Å². The second kappa shape index (κ2) is 7.87. The van der Waals surface area contributed by atoms with Crippen LogP contribution in [0.25, 0.3) is 0 Å². The topological polar surface area (TPSA) is 145 Å². The van der Waals surface area contributed by atoms with Crippen molar-refractivity contribution in [1.29, 1.82) is 0 Å². The van der Waals surface area contributed by atoms with Crippen LogP contribution in [0.5, 0.6) is 5.75 Å². The lowest BCUT2D eigenvalue weighted by Gasteiger charge is -2.67. The maximum atomic E-state index is 13.2. The summed E-state index contributed by atoms with van der Waals surface area (Å²) >= 11 is 0. The normalized spacial score (nSPS) is 45.6. The third kappa shape index (κ3) is 3.01. The molecule has 5 N–H and O–H groups in total. The summed E-state index contributed by atoms with van der Waals surface area (Å²) in [5, 5.41) is 56.3. The summed E-state index contributed by atoms with van der Waals surface area (Å²) < 4.78 is 6.01. The van der Waals surface area contributed by atoms with Crippen LogP contribution < -0.4 is 0 Å². The van der Waals surface area contributed by atoms with E-state index >= 15 is 0 Å². The molecule has 0 aliphatic heterocycles. The molecule has 1 aromatic carbocycles. The van der Waals surface area contributed by atoms with E-state index in [9.17, 15) is 35.1 Å². The van der Waals surface area contributed by atoms with Gasteiger partial charge in [0.25, 0.3) is 0 Å². The highest BCUT2D eigenvalue weighted by Crippen LogP contribution is 2.70. The first kappa shape index (κ1) is 25.4. The Balaban J connectivity index is 1.64. The summed E-state index contributed by atoms with van der Waals surface area (Å²) in [6, 6.07) is 5.57.